The zero-order valence-corrected chi connectivity index (χ0v) is 13.7. The van der Waals surface area contributed by atoms with Crippen molar-refractivity contribution in [1.82, 2.24) is 25.4 Å². The minimum absolute atomic E-state index is 0.414. The van der Waals surface area contributed by atoms with Crippen LogP contribution in [0.15, 0.2) is 35.3 Å². The molecule has 1 atom stereocenters. The summed E-state index contributed by atoms with van der Waals surface area (Å²) in [5.41, 5.74) is 1.31. The van der Waals surface area contributed by atoms with Crippen LogP contribution < -0.4 is 10.6 Å². The molecule has 0 saturated heterocycles. The van der Waals surface area contributed by atoms with Crippen LogP contribution in [0.2, 0.25) is 0 Å². The number of nitrogens with zero attached hydrogens (tertiary/aromatic N) is 4. The first-order chi connectivity index (χ1) is 10.6. The van der Waals surface area contributed by atoms with Crippen molar-refractivity contribution < 1.29 is 0 Å². The van der Waals surface area contributed by atoms with Gasteiger partial charge in [0, 0.05) is 20.6 Å². The van der Waals surface area contributed by atoms with Crippen molar-refractivity contribution in [3.8, 4) is 0 Å². The zero-order valence-electron chi connectivity index (χ0n) is 13.7. The first-order valence-corrected chi connectivity index (χ1v) is 7.46. The van der Waals surface area contributed by atoms with Crippen molar-refractivity contribution >= 4 is 5.96 Å². The van der Waals surface area contributed by atoms with Gasteiger partial charge in [-0.2, -0.15) is 0 Å². The van der Waals surface area contributed by atoms with Gasteiger partial charge < -0.3 is 15.2 Å². The highest BCUT2D eigenvalue weighted by Crippen LogP contribution is 2.12. The number of benzene rings is 1. The molecule has 0 aliphatic heterocycles. The normalized spacial score (nSPS) is 13.0. The number of aromatic nitrogens is 3. The molecule has 0 saturated carbocycles. The molecular formula is C16H24N6. The lowest BCUT2D eigenvalue weighted by molar-refractivity contribution is 0.681. The van der Waals surface area contributed by atoms with E-state index in [2.05, 4.69) is 57.0 Å². The molecule has 1 aromatic heterocycles. The molecule has 2 N–H and O–H groups in total. The molecular weight excluding hydrogens is 276 g/mol. The molecule has 1 unspecified atom stereocenters. The maximum absolute atomic E-state index is 4.24. The largest absolute Gasteiger partial charge is 0.356 e. The average Bonchev–Trinajstić information content (AvgIpc) is 2.87. The van der Waals surface area contributed by atoms with E-state index in [1.807, 2.05) is 24.6 Å². The molecule has 6 heteroatoms. The molecule has 0 radical (unpaired) electrons. The zero-order chi connectivity index (χ0) is 15.9. The van der Waals surface area contributed by atoms with Gasteiger partial charge in [0.2, 0.25) is 0 Å². The fraction of sp³-hybridized carbons (Fsp3) is 0.438. The van der Waals surface area contributed by atoms with E-state index in [1.165, 1.54) is 5.56 Å². The van der Waals surface area contributed by atoms with E-state index >= 15 is 0 Å². The number of hydrogen-bond donors (Lipinski definition) is 2. The van der Waals surface area contributed by atoms with E-state index in [0.29, 0.717) is 12.5 Å². The van der Waals surface area contributed by atoms with Crippen LogP contribution in [0.1, 0.15) is 30.1 Å². The molecule has 1 heterocycles. The summed E-state index contributed by atoms with van der Waals surface area (Å²) in [4.78, 5) is 4.24. The number of aryl methyl sites for hydroxylation is 1. The van der Waals surface area contributed by atoms with Crippen LogP contribution in [0.5, 0.6) is 0 Å². The summed E-state index contributed by atoms with van der Waals surface area (Å²) in [6, 6.07) is 10.5. The standard InChI is InChI=1S/C16H24N6/c1-12(14-8-6-5-7-9-14)10-18-16(17-3)19-11-15-21-20-13(2)22(15)4/h5-9,12H,10-11H2,1-4H3,(H2,17,18,19). The van der Waals surface area contributed by atoms with Crippen LogP contribution in [0.25, 0.3) is 0 Å². The van der Waals surface area contributed by atoms with Crippen molar-refractivity contribution in [2.45, 2.75) is 26.3 Å². The summed E-state index contributed by atoms with van der Waals surface area (Å²) >= 11 is 0. The predicted octanol–water partition coefficient (Wildman–Crippen LogP) is 1.59. The molecule has 0 amide bonds. The van der Waals surface area contributed by atoms with Crippen molar-refractivity contribution in [1.29, 1.82) is 0 Å². The Kier molecular flexibility index (Phi) is 5.52. The Morgan fingerprint density at radius 3 is 2.55 bits per heavy atom. The molecule has 2 aromatic rings. The highest BCUT2D eigenvalue weighted by atomic mass is 15.3. The Morgan fingerprint density at radius 1 is 1.23 bits per heavy atom. The lowest BCUT2D eigenvalue weighted by atomic mass is 10.0. The number of guanidine groups is 1. The molecule has 2 rings (SSSR count). The average molecular weight is 300 g/mol. The van der Waals surface area contributed by atoms with E-state index < -0.39 is 0 Å². The highest BCUT2D eigenvalue weighted by molar-refractivity contribution is 5.79. The molecule has 0 fully saturated rings. The number of rotatable bonds is 5. The molecule has 0 spiro atoms. The Hall–Kier alpha value is -2.37. The maximum atomic E-state index is 4.24. The Morgan fingerprint density at radius 2 is 1.95 bits per heavy atom. The Balaban J connectivity index is 1.84. The van der Waals surface area contributed by atoms with Crippen LogP contribution in [0.3, 0.4) is 0 Å². The highest BCUT2D eigenvalue weighted by Gasteiger charge is 2.08. The van der Waals surface area contributed by atoms with Crippen molar-refractivity contribution in [3.63, 3.8) is 0 Å². The molecule has 118 valence electrons. The summed E-state index contributed by atoms with van der Waals surface area (Å²) in [7, 11) is 3.73. The third-order valence-corrected chi connectivity index (χ3v) is 3.76. The van der Waals surface area contributed by atoms with Gasteiger partial charge in [0.15, 0.2) is 11.8 Å². The molecule has 6 nitrogen and oxygen atoms in total. The maximum Gasteiger partial charge on any atom is 0.191 e. The molecule has 22 heavy (non-hydrogen) atoms. The van der Waals surface area contributed by atoms with Crippen LogP contribution in [-0.4, -0.2) is 34.3 Å². The summed E-state index contributed by atoms with van der Waals surface area (Å²) in [6.45, 7) is 5.55. The van der Waals surface area contributed by atoms with Crippen molar-refractivity contribution in [2.75, 3.05) is 13.6 Å². The third kappa shape index (κ3) is 4.07. The van der Waals surface area contributed by atoms with E-state index in [4.69, 9.17) is 0 Å². The predicted molar refractivity (Wildman–Crippen MR) is 88.8 cm³/mol. The van der Waals surface area contributed by atoms with Crippen LogP contribution in [0, 0.1) is 6.92 Å². The lowest BCUT2D eigenvalue weighted by Gasteiger charge is -2.16. The second-order valence-corrected chi connectivity index (χ2v) is 5.34. The van der Waals surface area contributed by atoms with Crippen molar-refractivity contribution in [3.05, 3.63) is 47.5 Å². The van der Waals surface area contributed by atoms with Gasteiger partial charge in [-0.15, -0.1) is 10.2 Å². The summed E-state index contributed by atoms with van der Waals surface area (Å²) < 4.78 is 1.97. The minimum Gasteiger partial charge on any atom is -0.356 e. The number of hydrogen-bond acceptors (Lipinski definition) is 3. The van der Waals surface area contributed by atoms with E-state index in [9.17, 15) is 0 Å². The molecule has 0 bridgehead atoms. The van der Waals surface area contributed by atoms with Gasteiger partial charge in [0.1, 0.15) is 5.82 Å². The van der Waals surface area contributed by atoms with Crippen LogP contribution in [0.4, 0.5) is 0 Å². The monoisotopic (exact) mass is 300 g/mol. The summed E-state index contributed by atoms with van der Waals surface area (Å²) in [5.74, 6) is 2.97. The summed E-state index contributed by atoms with van der Waals surface area (Å²) in [5, 5.41) is 14.8. The van der Waals surface area contributed by atoms with Crippen LogP contribution >= 0.6 is 0 Å². The van der Waals surface area contributed by atoms with Gasteiger partial charge in [-0.3, -0.25) is 4.99 Å². The Labute approximate surface area is 131 Å². The van der Waals surface area contributed by atoms with Gasteiger partial charge in [-0.1, -0.05) is 37.3 Å². The fourth-order valence-electron chi connectivity index (χ4n) is 2.14. The fourth-order valence-corrected chi connectivity index (χ4v) is 2.14. The number of nitrogens with one attached hydrogen (secondary N) is 2. The first kappa shape index (κ1) is 16.0. The van der Waals surface area contributed by atoms with Crippen LogP contribution in [-0.2, 0) is 13.6 Å². The quantitative estimate of drug-likeness (QED) is 0.650. The third-order valence-electron chi connectivity index (χ3n) is 3.76. The molecule has 1 aromatic carbocycles. The van der Waals surface area contributed by atoms with Gasteiger partial charge in [-0.05, 0) is 18.4 Å². The SMILES string of the molecule is CN=C(NCc1nnc(C)n1C)NCC(C)c1ccccc1. The van der Waals surface area contributed by atoms with Gasteiger partial charge in [0.05, 0.1) is 6.54 Å². The lowest BCUT2D eigenvalue weighted by Crippen LogP contribution is -2.39. The van der Waals surface area contributed by atoms with E-state index in [1.54, 1.807) is 7.05 Å². The van der Waals surface area contributed by atoms with Gasteiger partial charge in [-0.25, -0.2) is 0 Å². The molecule has 0 aliphatic rings. The minimum atomic E-state index is 0.414. The number of aliphatic imine (C=N–C) groups is 1. The molecule has 0 aliphatic carbocycles. The van der Waals surface area contributed by atoms with Gasteiger partial charge in [0.25, 0.3) is 0 Å². The Bertz CT molecular complexity index is 617. The van der Waals surface area contributed by atoms with E-state index in [0.717, 1.165) is 24.2 Å². The first-order valence-electron chi connectivity index (χ1n) is 7.46. The second kappa shape index (κ2) is 7.59. The summed E-state index contributed by atoms with van der Waals surface area (Å²) in [6.07, 6.45) is 0. The topological polar surface area (TPSA) is 67.1 Å². The van der Waals surface area contributed by atoms with Crippen molar-refractivity contribution in [2.24, 2.45) is 12.0 Å². The smallest absolute Gasteiger partial charge is 0.191 e. The van der Waals surface area contributed by atoms with E-state index in [-0.39, 0.29) is 0 Å². The second-order valence-electron chi connectivity index (χ2n) is 5.34. The van der Waals surface area contributed by atoms with Gasteiger partial charge >= 0.3 is 0 Å².